The first kappa shape index (κ1) is 15.9. The molecule has 1 fully saturated rings. The van der Waals surface area contributed by atoms with Crippen LogP contribution in [0.1, 0.15) is 19.3 Å². The molecule has 1 saturated heterocycles. The van der Waals surface area contributed by atoms with Crippen LogP contribution < -0.4 is 5.73 Å². The monoisotopic (exact) mass is 269 g/mol. The van der Waals surface area contributed by atoms with E-state index < -0.39 is 5.41 Å². The molecule has 0 atom stereocenters. The van der Waals surface area contributed by atoms with Gasteiger partial charge in [-0.1, -0.05) is 0 Å². The minimum atomic E-state index is -0.526. The lowest BCUT2D eigenvalue weighted by Crippen LogP contribution is -2.51. The van der Waals surface area contributed by atoms with Gasteiger partial charge in [-0.2, -0.15) is 5.26 Å². The average molecular weight is 269 g/mol. The number of nitrogens with two attached hydrogens (primary N) is 1. The molecule has 0 aliphatic carbocycles. The molecule has 2 N–H and O–H groups in total. The molecular weight excluding hydrogens is 246 g/mol. The minimum absolute atomic E-state index is 0.0330. The van der Waals surface area contributed by atoms with Gasteiger partial charge in [0.2, 0.25) is 5.91 Å². The Balaban J connectivity index is 2.74. The van der Waals surface area contributed by atoms with Gasteiger partial charge in [-0.3, -0.25) is 4.79 Å². The molecule has 0 unspecified atom stereocenters. The van der Waals surface area contributed by atoms with E-state index in [2.05, 4.69) is 6.07 Å². The molecule has 0 spiro atoms. The summed E-state index contributed by atoms with van der Waals surface area (Å²) in [4.78, 5) is 14.4. The Labute approximate surface area is 114 Å². The molecule has 1 amide bonds. The molecule has 0 aromatic heterocycles. The molecule has 1 heterocycles. The van der Waals surface area contributed by atoms with Crippen LogP contribution in [-0.2, 0) is 14.3 Å². The first-order valence-electron chi connectivity index (χ1n) is 6.63. The van der Waals surface area contributed by atoms with Crippen molar-refractivity contribution in [2.24, 2.45) is 11.1 Å². The van der Waals surface area contributed by atoms with Crippen LogP contribution in [0, 0.1) is 16.7 Å². The quantitative estimate of drug-likeness (QED) is 0.709. The summed E-state index contributed by atoms with van der Waals surface area (Å²) in [6.45, 7) is 2.86. The van der Waals surface area contributed by atoms with Gasteiger partial charge in [0.15, 0.2) is 0 Å². The van der Waals surface area contributed by atoms with E-state index in [0.29, 0.717) is 58.7 Å². The summed E-state index contributed by atoms with van der Waals surface area (Å²) < 4.78 is 10.3. The van der Waals surface area contributed by atoms with Crippen LogP contribution in [0.15, 0.2) is 0 Å². The van der Waals surface area contributed by atoms with E-state index in [1.807, 2.05) is 0 Å². The van der Waals surface area contributed by atoms with Gasteiger partial charge in [-0.25, -0.2) is 0 Å². The number of hydrogen-bond acceptors (Lipinski definition) is 5. The zero-order valence-electron chi connectivity index (χ0n) is 11.6. The van der Waals surface area contributed by atoms with Gasteiger partial charge in [0.25, 0.3) is 0 Å². The van der Waals surface area contributed by atoms with Crippen molar-refractivity contribution in [3.63, 3.8) is 0 Å². The number of hydrogen-bond donors (Lipinski definition) is 1. The third kappa shape index (κ3) is 4.16. The van der Waals surface area contributed by atoms with E-state index in [4.69, 9.17) is 20.5 Å². The largest absolute Gasteiger partial charge is 0.383 e. The van der Waals surface area contributed by atoms with Crippen molar-refractivity contribution in [3.05, 3.63) is 0 Å². The third-order valence-electron chi connectivity index (χ3n) is 3.64. The van der Waals surface area contributed by atoms with Crippen LogP contribution in [0.25, 0.3) is 0 Å². The van der Waals surface area contributed by atoms with Gasteiger partial charge < -0.3 is 20.1 Å². The Bertz CT molecular complexity index is 322. The lowest BCUT2D eigenvalue weighted by atomic mass is 9.79. The lowest BCUT2D eigenvalue weighted by Gasteiger charge is -2.38. The van der Waals surface area contributed by atoms with Gasteiger partial charge in [-0.15, -0.1) is 0 Å². The summed E-state index contributed by atoms with van der Waals surface area (Å²) in [5, 5.41) is 8.69. The Morgan fingerprint density at radius 1 is 1.47 bits per heavy atom. The summed E-state index contributed by atoms with van der Waals surface area (Å²) in [6, 6.07) is 2.07. The molecule has 19 heavy (non-hydrogen) atoms. The fourth-order valence-corrected chi connectivity index (χ4v) is 2.30. The number of amides is 1. The maximum absolute atomic E-state index is 12.7. The molecule has 0 bridgehead atoms. The van der Waals surface area contributed by atoms with E-state index in [1.165, 1.54) is 0 Å². The molecule has 1 aliphatic heterocycles. The number of ether oxygens (including phenoxy) is 2. The molecule has 1 rings (SSSR count). The van der Waals surface area contributed by atoms with Gasteiger partial charge in [-0.05, 0) is 12.8 Å². The second-order valence-corrected chi connectivity index (χ2v) is 4.79. The highest BCUT2D eigenvalue weighted by atomic mass is 16.5. The van der Waals surface area contributed by atoms with Crippen molar-refractivity contribution in [2.45, 2.75) is 19.3 Å². The smallest absolute Gasteiger partial charge is 0.230 e. The van der Waals surface area contributed by atoms with Crippen molar-refractivity contribution in [1.82, 2.24) is 4.90 Å². The molecule has 1 aliphatic rings. The minimum Gasteiger partial charge on any atom is -0.383 e. The summed E-state index contributed by atoms with van der Waals surface area (Å²) in [6.07, 6.45) is 1.63. The lowest BCUT2D eigenvalue weighted by molar-refractivity contribution is -0.147. The van der Waals surface area contributed by atoms with E-state index in [0.717, 1.165) is 0 Å². The molecule has 6 nitrogen and oxygen atoms in total. The average Bonchev–Trinajstić information content (AvgIpc) is 2.47. The van der Waals surface area contributed by atoms with Gasteiger partial charge >= 0.3 is 0 Å². The summed E-state index contributed by atoms with van der Waals surface area (Å²) in [5.74, 6) is 0.0330. The highest BCUT2D eigenvalue weighted by molar-refractivity contribution is 5.83. The van der Waals surface area contributed by atoms with E-state index in [9.17, 15) is 4.79 Å². The fourth-order valence-electron chi connectivity index (χ4n) is 2.30. The van der Waals surface area contributed by atoms with Crippen LogP contribution in [0.5, 0.6) is 0 Å². The zero-order chi connectivity index (χ0) is 14.1. The van der Waals surface area contributed by atoms with E-state index in [1.54, 1.807) is 12.0 Å². The topological polar surface area (TPSA) is 88.6 Å². The summed E-state index contributed by atoms with van der Waals surface area (Å²) in [7, 11) is 1.60. The highest BCUT2D eigenvalue weighted by Gasteiger charge is 2.41. The van der Waals surface area contributed by atoms with Gasteiger partial charge in [0, 0.05) is 40.0 Å². The van der Waals surface area contributed by atoms with E-state index >= 15 is 0 Å². The number of carbonyl (C=O) groups is 1. The zero-order valence-corrected chi connectivity index (χ0v) is 11.6. The molecule has 0 radical (unpaired) electrons. The standard InChI is InChI=1S/C13H23N3O3/c1-18-10-7-16(6-2-5-14)12(17)13(11-15)3-8-19-9-4-13/h2-4,6-11,15H2,1H3. The van der Waals surface area contributed by atoms with Crippen molar-refractivity contribution in [3.8, 4) is 6.07 Å². The number of rotatable bonds is 7. The molecular formula is C13H23N3O3. The molecule has 6 heteroatoms. The Hall–Kier alpha value is -1.16. The Morgan fingerprint density at radius 2 is 2.16 bits per heavy atom. The van der Waals surface area contributed by atoms with Gasteiger partial charge in [0.1, 0.15) is 0 Å². The third-order valence-corrected chi connectivity index (χ3v) is 3.64. The molecule has 0 aromatic rings. The fraction of sp³-hybridized carbons (Fsp3) is 0.846. The Morgan fingerprint density at radius 3 is 2.68 bits per heavy atom. The first-order chi connectivity index (χ1) is 9.20. The van der Waals surface area contributed by atoms with Crippen molar-refractivity contribution in [1.29, 1.82) is 5.26 Å². The SMILES string of the molecule is COCCN(CCC#N)C(=O)C1(CN)CCOCC1. The van der Waals surface area contributed by atoms with Crippen LogP contribution in [0.4, 0.5) is 0 Å². The van der Waals surface area contributed by atoms with E-state index in [-0.39, 0.29) is 5.91 Å². The normalized spacial score (nSPS) is 17.7. The number of carbonyl (C=O) groups excluding carboxylic acids is 1. The van der Waals surface area contributed by atoms with Gasteiger partial charge in [0.05, 0.1) is 24.5 Å². The predicted octanol–water partition coefficient (Wildman–Crippen LogP) is 0.131. The molecule has 0 saturated carbocycles. The maximum atomic E-state index is 12.7. The Kier molecular flexibility index (Phi) is 6.78. The van der Waals surface area contributed by atoms with Crippen LogP contribution in [-0.4, -0.2) is 57.4 Å². The molecule has 108 valence electrons. The van der Waals surface area contributed by atoms with Crippen molar-refractivity contribution >= 4 is 5.91 Å². The van der Waals surface area contributed by atoms with Crippen LogP contribution >= 0.6 is 0 Å². The predicted molar refractivity (Wildman–Crippen MR) is 70.2 cm³/mol. The van der Waals surface area contributed by atoms with Crippen molar-refractivity contribution in [2.75, 3.05) is 46.6 Å². The highest BCUT2D eigenvalue weighted by Crippen LogP contribution is 2.31. The van der Waals surface area contributed by atoms with Crippen molar-refractivity contribution < 1.29 is 14.3 Å². The second-order valence-electron chi connectivity index (χ2n) is 4.79. The molecule has 0 aromatic carbocycles. The summed E-state index contributed by atoms with van der Waals surface area (Å²) >= 11 is 0. The van der Waals surface area contributed by atoms with Crippen LogP contribution in [0.3, 0.4) is 0 Å². The summed E-state index contributed by atoms with van der Waals surface area (Å²) in [5.41, 5.74) is 5.31. The number of nitriles is 1. The van der Waals surface area contributed by atoms with Crippen LogP contribution in [0.2, 0.25) is 0 Å². The number of nitrogens with zero attached hydrogens (tertiary/aromatic N) is 2. The maximum Gasteiger partial charge on any atom is 0.230 e. The first-order valence-corrected chi connectivity index (χ1v) is 6.63. The number of methoxy groups -OCH3 is 1. The second kappa shape index (κ2) is 8.10.